The summed E-state index contributed by atoms with van der Waals surface area (Å²) in [5.74, 6) is 0.788. The highest BCUT2D eigenvalue weighted by Gasteiger charge is 2.39. The fraction of sp³-hybridized carbons (Fsp3) is 0.556. The van der Waals surface area contributed by atoms with Gasteiger partial charge in [-0.15, -0.1) is 0 Å². The van der Waals surface area contributed by atoms with E-state index in [0.29, 0.717) is 5.02 Å². The lowest BCUT2D eigenvalue weighted by molar-refractivity contribution is 0.320. The molecule has 2 heterocycles. The van der Waals surface area contributed by atoms with Crippen LogP contribution in [0.5, 0.6) is 0 Å². The summed E-state index contributed by atoms with van der Waals surface area (Å²) < 4.78 is 0. The van der Waals surface area contributed by atoms with Gasteiger partial charge in [0.25, 0.3) is 0 Å². The monoisotopic (exact) mass is 212 g/mol. The van der Waals surface area contributed by atoms with Crippen molar-refractivity contribution in [2.75, 3.05) is 18.0 Å². The molecule has 0 aliphatic carbocycles. The number of rotatable bonds is 2. The smallest absolute Gasteiger partial charge is 0.150 e. The summed E-state index contributed by atoms with van der Waals surface area (Å²) in [6.45, 7) is 3.74. The molecule has 0 radical (unpaired) electrons. The van der Waals surface area contributed by atoms with Crippen molar-refractivity contribution in [3.05, 3.63) is 17.5 Å². The average molecular weight is 213 g/mol. The number of anilines is 1. The summed E-state index contributed by atoms with van der Waals surface area (Å²) in [7, 11) is 0. The minimum absolute atomic E-state index is 0.0612. The van der Waals surface area contributed by atoms with Crippen molar-refractivity contribution in [1.29, 1.82) is 0 Å². The van der Waals surface area contributed by atoms with E-state index >= 15 is 0 Å². The van der Waals surface area contributed by atoms with Gasteiger partial charge >= 0.3 is 0 Å². The van der Waals surface area contributed by atoms with Crippen LogP contribution >= 0.6 is 11.6 Å². The zero-order chi connectivity index (χ0) is 10.2. The lowest BCUT2D eigenvalue weighted by Crippen LogP contribution is -2.67. The maximum absolute atomic E-state index is 6.05. The van der Waals surface area contributed by atoms with Crippen LogP contribution in [0.3, 0.4) is 0 Å². The van der Waals surface area contributed by atoms with Crippen LogP contribution in [0.15, 0.2) is 12.5 Å². The van der Waals surface area contributed by atoms with Crippen molar-refractivity contribution in [3.8, 4) is 0 Å². The Bertz CT molecular complexity index is 335. The first kappa shape index (κ1) is 9.68. The molecule has 4 nitrogen and oxygen atoms in total. The Morgan fingerprint density at radius 3 is 2.93 bits per heavy atom. The van der Waals surface area contributed by atoms with E-state index in [0.717, 1.165) is 25.3 Å². The van der Waals surface area contributed by atoms with Crippen molar-refractivity contribution in [3.63, 3.8) is 0 Å². The number of halogens is 1. The number of nitrogens with zero attached hydrogens (tertiary/aromatic N) is 3. The predicted octanol–water partition coefficient (Wildman–Crippen LogP) is 1.06. The van der Waals surface area contributed by atoms with Gasteiger partial charge in [0.05, 0.1) is 11.7 Å². The Hall–Kier alpha value is -0.870. The van der Waals surface area contributed by atoms with Crippen molar-refractivity contribution in [2.45, 2.75) is 18.9 Å². The van der Waals surface area contributed by atoms with Gasteiger partial charge in [0, 0.05) is 13.1 Å². The van der Waals surface area contributed by atoms with E-state index in [1.807, 2.05) is 0 Å². The van der Waals surface area contributed by atoms with Gasteiger partial charge in [-0.2, -0.15) is 0 Å². The maximum Gasteiger partial charge on any atom is 0.150 e. The molecule has 0 bridgehead atoms. The standard InChI is InChI=1S/C9H13ClN4/c1-2-9(11)4-14(5-9)8-7(10)3-12-6-13-8/h3,6H,2,4-5,11H2,1H3. The average Bonchev–Trinajstić information content (AvgIpc) is 2.14. The summed E-state index contributed by atoms with van der Waals surface area (Å²) in [6.07, 6.45) is 4.09. The number of aromatic nitrogens is 2. The molecule has 0 saturated carbocycles. The highest BCUT2D eigenvalue weighted by atomic mass is 35.5. The lowest BCUT2D eigenvalue weighted by atomic mass is 9.88. The summed E-state index contributed by atoms with van der Waals surface area (Å²) in [5, 5.41) is 0.589. The minimum atomic E-state index is -0.0612. The summed E-state index contributed by atoms with van der Waals surface area (Å²) >= 11 is 5.96. The van der Waals surface area contributed by atoms with Crippen LogP contribution in [-0.4, -0.2) is 28.6 Å². The topological polar surface area (TPSA) is 55.0 Å². The first-order valence-corrected chi connectivity index (χ1v) is 5.02. The zero-order valence-corrected chi connectivity index (χ0v) is 8.83. The van der Waals surface area contributed by atoms with E-state index in [1.54, 1.807) is 6.20 Å². The molecule has 14 heavy (non-hydrogen) atoms. The van der Waals surface area contributed by atoms with Gasteiger partial charge in [0.2, 0.25) is 0 Å². The van der Waals surface area contributed by atoms with Crippen molar-refractivity contribution < 1.29 is 0 Å². The molecule has 1 aromatic heterocycles. The molecule has 0 spiro atoms. The highest BCUT2D eigenvalue weighted by molar-refractivity contribution is 6.32. The lowest BCUT2D eigenvalue weighted by Gasteiger charge is -2.48. The highest BCUT2D eigenvalue weighted by Crippen LogP contribution is 2.30. The number of hydrogen-bond acceptors (Lipinski definition) is 4. The van der Waals surface area contributed by atoms with Crippen LogP contribution in [0.25, 0.3) is 0 Å². The summed E-state index contributed by atoms with van der Waals surface area (Å²) in [4.78, 5) is 10.0. The molecule has 1 aliphatic rings. The molecule has 1 fully saturated rings. The fourth-order valence-electron chi connectivity index (χ4n) is 1.63. The zero-order valence-electron chi connectivity index (χ0n) is 8.07. The molecule has 1 aliphatic heterocycles. The molecular weight excluding hydrogens is 200 g/mol. The molecule has 0 amide bonds. The van der Waals surface area contributed by atoms with Gasteiger partial charge in [0.1, 0.15) is 11.3 Å². The molecule has 1 aromatic rings. The third kappa shape index (κ3) is 1.55. The summed E-state index contributed by atoms with van der Waals surface area (Å²) in [5.41, 5.74) is 5.99. The predicted molar refractivity (Wildman–Crippen MR) is 56.5 cm³/mol. The van der Waals surface area contributed by atoms with Gasteiger partial charge in [-0.3, -0.25) is 0 Å². The first-order chi connectivity index (χ1) is 6.64. The summed E-state index contributed by atoms with van der Waals surface area (Å²) in [6, 6.07) is 0. The van der Waals surface area contributed by atoms with E-state index in [1.165, 1.54) is 6.33 Å². The van der Waals surface area contributed by atoms with Crippen LogP contribution < -0.4 is 10.6 Å². The van der Waals surface area contributed by atoms with Gasteiger partial charge in [-0.1, -0.05) is 18.5 Å². The van der Waals surface area contributed by atoms with Crippen LogP contribution in [0, 0.1) is 0 Å². The van der Waals surface area contributed by atoms with E-state index in [-0.39, 0.29) is 5.54 Å². The van der Waals surface area contributed by atoms with Crippen LogP contribution in [-0.2, 0) is 0 Å². The third-order valence-electron chi connectivity index (χ3n) is 2.66. The molecule has 76 valence electrons. The Kier molecular flexibility index (Phi) is 2.33. The second-order valence-corrected chi connectivity index (χ2v) is 4.17. The maximum atomic E-state index is 6.05. The first-order valence-electron chi connectivity index (χ1n) is 4.64. The second-order valence-electron chi connectivity index (χ2n) is 3.77. The molecule has 5 heteroatoms. The van der Waals surface area contributed by atoms with Crippen molar-refractivity contribution in [2.24, 2.45) is 5.73 Å². The molecule has 0 atom stereocenters. The molecule has 2 N–H and O–H groups in total. The van der Waals surface area contributed by atoms with Crippen LogP contribution in [0.4, 0.5) is 5.82 Å². The molecule has 2 rings (SSSR count). The minimum Gasteiger partial charge on any atom is -0.351 e. The third-order valence-corrected chi connectivity index (χ3v) is 2.93. The van der Waals surface area contributed by atoms with E-state index in [9.17, 15) is 0 Å². The van der Waals surface area contributed by atoms with E-state index < -0.39 is 0 Å². The number of nitrogens with two attached hydrogens (primary N) is 1. The Morgan fingerprint density at radius 2 is 2.36 bits per heavy atom. The van der Waals surface area contributed by atoms with Crippen LogP contribution in [0.1, 0.15) is 13.3 Å². The molecule has 0 aromatic carbocycles. The Balaban J connectivity index is 2.10. The molecule has 0 unspecified atom stereocenters. The normalized spacial score (nSPS) is 19.2. The molecule has 1 saturated heterocycles. The van der Waals surface area contributed by atoms with E-state index in [2.05, 4.69) is 21.8 Å². The SMILES string of the molecule is CCC1(N)CN(c2ncncc2Cl)C1. The van der Waals surface area contributed by atoms with Crippen LogP contribution in [0.2, 0.25) is 5.02 Å². The Labute approximate surface area is 88.1 Å². The second kappa shape index (κ2) is 3.37. The van der Waals surface area contributed by atoms with E-state index in [4.69, 9.17) is 17.3 Å². The fourth-order valence-corrected chi connectivity index (χ4v) is 1.85. The van der Waals surface area contributed by atoms with Crippen molar-refractivity contribution >= 4 is 17.4 Å². The number of hydrogen-bond donors (Lipinski definition) is 1. The van der Waals surface area contributed by atoms with Gasteiger partial charge in [0.15, 0.2) is 5.82 Å². The molecular formula is C9H13ClN4. The largest absolute Gasteiger partial charge is 0.351 e. The van der Waals surface area contributed by atoms with Gasteiger partial charge < -0.3 is 10.6 Å². The Morgan fingerprint density at radius 1 is 1.64 bits per heavy atom. The van der Waals surface area contributed by atoms with Gasteiger partial charge in [-0.25, -0.2) is 9.97 Å². The quantitative estimate of drug-likeness (QED) is 0.797. The van der Waals surface area contributed by atoms with Gasteiger partial charge in [-0.05, 0) is 6.42 Å². The van der Waals surface area contributed by atoms with Crippen molar-refractivity contribution in [1.82, 2.24) is 9.97 Å².